The van der Waals surface area contributed by atoms with Gasteiger partial charge in [0.25, 0.3) is 5.89 Å². The number of ether oxygens (including phenoxy) is 3. The highest BCUT2D eigenvalue weighted by Crippen LogP contribution is 2.35. The summed E-state index contributed by atoms with van der Waals surface area (Å²) in [6.07, 6.45) is 0. The van der Waals surface area contributed by atoms with Crippen LogP contribution in [0.4, 0.5) is 0 Å². The van der Waals surface area contributed by atoms with E-state index in [1.54, 1.807) is 6.07 Å². The van der Waals surface area contributed by atoms with Gasteiger partial charge in [0.1, 0.15) is 5.75 Å². The zero-order valence-electron chi connectivity index (χ0n) is 11.6. The average molecular weight is 296 g/mol. The van der Waals surface area contributed by atoms with Gasteiger partial charge in [-0.25, -0.2) is 0 Å². The van der Waals surface area contributed by atoms with Gasteiger partial charge in [0.2, 0.25) is 12.6 Å². The Balaban J connectivity index is 1.45. The third-order valence-corrected chi connectivity index (χ3v) is 3.20. The quantitative estimate of drug-likeness (QED) is 0.737. The zero-order chi connectivity index (χ0) is 14.8. The Bertz CT molecular complexity index is 786. The van der Waals surface area contributed by atoms with Crippen molar-refractivity contribution in [2.24, 2.45) is 0 Å². The predicted molar refractivity (Wildman–Crippen MR) is 76.6 cm³/mol. The van der Waals surface area contributed by atoms with E-state index in [-0.39, 0.29) is 13.4 Å². The molecule has 1 aliphatic heterocycles. The van der Waals surface area contributed by atoms with Gasteiger partial charge in [0, 0.05) is 11.6 Å². The van der Waals surface area contributed by atoms with Gasteiger partial charge in [-0.15, -0.1) is 0 Å². The molecule has 0 N–H and O–H groups in total. The smallest absolute Gasteiger partial charge is 0.258 e. The van der Waals surface area contributed by atoms with Crippen LogP contribution in [0.2, 0.25) is 0 Å². The molecule has 0 unspecified atom stereocenters. The molecule has 0 fully saturated rings. The van der Waals surface area contributed by atoms with Crippen LogP contribution < -0.4 is 14.2 Å². The predicted octanol–water partition coefficient (Wildman–Crippen LogP) is 3.04. The number of benzene rings is 2. The number of hydrogen-bond acceptors (Lipinski definition) is 6. The molecule has 1 aromatic heterocycles. The summed E-state index contributed by atoms with van der Waals surface area (Å²) in [5.74, 6) is 3.02. The van der Waals surface area contributed by atoms with E-state index in [1.807, 2.05) is 42.5 Å². The molecule has 0 atom stereocenters. The summed E-state index contributed by atoms with van der Waals surface area (Å²) in [5.41, 5.74) is 0.879. The summed E-state index contributed by atoms with van der Waals surface area (Å²) >= 11 is 0. The first-order chi connectivity index (χ1) is 10.9. The fraction of sp³-hybridized carbons (Fsp3) is 0.125. The van der Waals surface area contributed by atoms with Crippen LogP contribution in [0.5, 0.6) is 17.2 Å². The van der Waals surface area contributed by atoms with Crippen LogP contribution in [-0.4, -0.2) is 16.9 Å². The van der Waals surface area contributed by atoms with Crippen molar-refractivity contribution in [2.45, 2.75) is 6.61 Å². The molecule has 0 saturated carbocycles. The van der Waals surface area contributed by atoms with Crippen molar-refractivity contribution in [2.75, 3.05) is 6.79 Å². The number of nitrogens with zero attached hydrogens (tertiary/aromatic N) is 2. The number of aromatic nitrogens is 2. The van der Waals surface area contributed by atoms with E-state index in [0.717, 1.165) is 11.3 Å². The average Bonchev–Trinajstić information content (AvgIpc) is 3.22. The molecule has 0 bridgehead atoms. The van der Waals surface area contributed by atoms with Gasteiger partial charge < -0.3 is 18.7 Å². The van der Waals surface area contributed by atoms with Crippen LogP contribution in [0.15, 0.2) is 53.1 Å². The normalized spacial score (nSPS) is 12.4. The Hall–Kier alpha value is -3.02. The lowest BCUT2D eigenvalue weighted by Crippen LogP contribution is -1.97. The van der Waals surface area contributed by atoms with Crippen molar-refractivity contribution in [1.29, 1.82) is 0 Å². The largest absolute Gasteiger partial charge is 0.485 e. The van der Waals surface area contributed by atoms with E-state index in [0.29, 0.717) is 23.2 Å². The third kappa shape index (κ3) is 2.46. The molecule has 6 nitrogen and oxygen atoms in total. The van der Waals surface area contributed by atoms with E-state index in [1.165, 1.54) is 0 Å². The molecular weight excluding hydrogens is 284 g/mol. The van der Waals surface area contributed by atoms with Crippen molar-refractivity contribution in [3.05, 3.63) is 54.4 Å². The molecule has 110 valence electrons. The van der Waals surface area contributed by atoms with Gasteiger partial charge in [-0.05, 0) is 24.3 Å². The van der Waals surface area contributed by atoms with Gasteiger partial charge in [-0.1, -0.05) is 23.4 Å². The fourth-order valence-corrected chi connectivity index (χ4v) is 2.13. The number of rotatable bonds is 4. The topological polar surface area (TPSA) is 66.6 Å². The minimum Gasteiger partial charge on any atom is -0.485 e. The van der Waals surface area contributed by atoms with Crippen molar-refractivity contribution < 1.29 is 18.7 Å². The van der Waals surface area contributed by atoms with E-state index >= 15 is 0 Å². The van der Waals surface area contributed by atoms with Crippen LogP contribution in [0.1, 0.15) is 5.82 Å². The number of hydrogen-bond donors (Lipinski definition) is 0. The molecule has 0 saturated heterocycles. The number of fused-ring (bicyclic) bond motifs is 1. The molecule has 2 heterocycles. The lowest BCUT2D eigenvalue weighted by Gasteiger charge is -2.03. The molecule has 22 heavy (non-hydrogen) atoms. The lowest BCUT2D eigenvalue weighted by molar-refractivity contribution is 0.173. The molecule has 0 radical (unpaired) electrons. The maximum atomic E-state index is 5.65. The molecule has 2 aromatic carbocycles. The highest BCUT2D eigenvalue weighted by atomic mass is 16.7. The Morgan fingerprint density at radius 3 is 2.77 bits per heavy atom. The summed E-state index contributed by atoms with van der Waals surface area (Å²) in [6, 6.07) is 15.0. The maximum Gasteiger partial charge on any atom is 0.258 e. The molecule has 0 amide bonds. The van der Waals surface area contributed by atoms with E-state index in [2.05, 4.69) is 10.1 Å². The highest BCUT2D eigenvalue weighted by molar-refractivity contribution is 5.52. The third-order valence-electron chi connectivity index (χ3n) is 3.20. The van der Waals surface area contributed by atoms with E-state index in [9.17, 15) is 0 Å². The Labute approximate surface area is 126 Å². The van der Waals surface area contributed by atoms with Gasteiger partial charge in [0.05, 0.1) is 0 Å². The standard InChI is InChI=1S/C16H12N2O4/c1-2-4-11(5-3-1)16-17-15(18-22-16)9-19-12-6-7-13-14(8-12)21-10-20-13/h1-8H,9-10H2. The van der Waals surface area contributed by atoms with Gasteiger partial charge >= 0.3 is 0 Å². The molecule has 0 spiro atoms. The summed E-state index contributed by atoms with van der Waals surface area (Å²) in [7, 11) is 0. The van der Waals surface area contributed by atoms with Crippen molar-refractivity contribution in [1.82, 2.24) is 10.1 Å². The molecule has 3 aromatic rings. The second-order valence-electron chi connectivity index (χ2n) is 4.69. The molecule has 4 rings (SSSR count). The molecular formula is C16H12N2O4. The SMILES string of the molecule is c1ccc(-c2nc(COc3ccc4c(c3)OCO4)no2)cc1. The van der Waals surface area contributed by atoms with Crippen molar-refractivity contribution in [3.8, 4) is 28.7 Å². The fourth-order valence-electron chi connectivity index (χ4n) is 2.13. The van der Waals surface area contributed by atoms with Gasteiger partial charge in [-0.2, -0.15) is 4.98 Å². The summed E-state index contributed by atoms with van der Waals surface area (Å²) < 4.78 is 21.4. The van der Waals surface area contributed by atoms with Crippen LogP contribution in [0.25, 0.3) is 11.5 Å². The van der Waals surface area contributed by atoms with Crippen molar-refractivity contribution in [3.63, 3.8) is 0 Å². The summed E-state index contributed by atoms with van der Waals surface area (Å²) in [6.45, 7) is 0.458. The van der Waals surface area contributed by atoms with Crippen LogP contribution in [-0.2, 0) is 6.61 Å². The summed E-state index contributed by atoms with van der Waals surface area (Å²) in [5, 5.41) is 3.91. The first kappa shape index (κ1) is 12.7. The highest BCUT2D eigenvalue weighted by Gasteiger charge is 2.14. The molecule has 0 aliphatic carbocycles. The monoisotopic (exact) mass is 296 g/mol. The maximum absolute atomic E-state index is 5.65. The second-order valence-corrected chi connectivity index (χ2v) is 4.69. The van der Waals surface area contributed by atoms with E-state index in [4.69, 9.17) is 18.7 Å². The Morgan fingerprint density at radius 1 is 1.00 bits per heavy atom. The molecule has 6 heteroatoms. The minimum absolute atomic E-state index is 0.218. The minimum atomic E-state index is 0.218. The van der Waals surface area contributed by atoms with Crippen LogP contribution in [0.3, 0.4) is 0 Å². The van der Waals surface area contributed by atoms with Crippen LogP contribution in [0, 0.1) is 0 Å². The van der Waals surface area contributed by atoms with Gasteiger partial charge in [-0.3, -0.25) is 0 Å². The Morgan fingerprint density at radius 2 is 1.86 bits per heavy atom. The first-order valence-corrected chi connectivity index (χ1v) is 6.79. The van der Waals surface area contributed by atoms with E-state index < -0.39 is 0 Å². The lowest BCUT2D eigenvalue weighted by atomic mass is 10.2. The summed E-state index contributed by atoms with van der Waals surface area (Å²) in [4.78, 5) is 4.31. The van der Waals surface area contributed by atoms with Crippen LogP contribution >= 0.6 is 0 Å². The molecule has 1 aliphatic rings. The zero-order valence-corrected chi connectivity index (χ0v) is 11.6. The Kier molecular flexibility index (Phi) is 3.12. The van der Waals surface area contributed by atoms with Gasteiger partial charge in [0.15, 0.2) is 18.1 Å². The van der Waals surface area contributed by atoms with Crippen molar-refractivity contribution >= 4 is 0 Å². The first-order valence-electron chi connectivity index (χ1n) is 6.79. The second kappa shape index (κ2) is 5.40.